The van der Waals surface area contributed by atoms with Gasteiger partial charge in [-0.25, -0.2) is 0 Å². The summed E-state index contributed by atoms with van der Waals surface area (Å²) in [5, 5.41) is 3.70. The molecule has 22 heavy (non-hydrogen) atoms. The smallest absolute Gasteiger partial charge is 0.254 e. The Kier molecular flexibility index (Phi) is 6.00. The number of rotatable bonds is 5. The lowest BCUT2D eigenvalue weighted by Gasteiger charge is -2.38. The third-order valence-corrected chi connectivity index (χ3v) is 5.45. The van der Waals surface area contributed by atoms with Crippen molar-refractivity contribution in [3.8, 4) is 0 Å². The van der Waals surface area contributed by atoms with Crippen molar-refractivity contribution >= 4 is 23.2 Å². The van der Waals surface area contributed by atoms with Gasteiger partial charge in [0.2, 0.25) is 5.91 Å². The van der Waals surface area contributed by atoms with Crippen LogP contribution in [0.2, 0.25) is 0 Å². The summed E-state index contributed by atoms with van der Waals surface area (Å²) in [5.41, 5.74) is 0.659. The maximum Gasteiger partial charge on any atom is 0.254 e. The van der Waals surface area contributed by atoms with Crippen LogP contribution in [0.3, 0.4) is 0 Å². The molecule has 4 nitrogen and oxygen atoms in total. The van der Waals surface area contributed by atoms with E-state index in [1.165, 1.54) is 35.5 Å². The van der Waals surface area contributed by atoms with Crippen LogP contribution in [0.25, 0.3) is 0 Å². The molecule has 1 aliphatic carbocycles. The zero-order valence-corrected chi connectivity index (χ0v) is 14.6. The topological polar surface area (TPSA) is 40.6 Å². The lowest BCUT2D eigenvalue weighted by Crippen LogP contribution is -2.47. The second-order valence-corrected chi connectivity index (χ2v) is 6.98. The molecule has 2 amide bonds. The van der Waals surface area contributed by atoms with Crippen LogP contribution in [0.5, 0.6) is 0 Å². The van der Waals surface area contributed by atoms with Crippen molar-refractivity contribution in [1.82, 2.24) is 9.80 Å². The standard InChI is InChI=1S/C17H26N2O2S/c1-4-13-7-5-6-8-15(13)19(3)16(20)11-18(2)17(21)14-9-10-22-12-14/h9-10,12-13,15H,4-8,11H2,1-3H3/t13-,15+/m0/s1. The van der Waals surface area contributed by atoms with Crippen LogP contribution in [0.4, 0.5) is 0 Å². The van der Waals surface area contributed by atoms with Gasteiger partial charge in [0.15, 0.2) is 0 Å². The van der Waals surface area contributed by atoms with Crippen molar-refractivity contribution in [3.63, 3.8) is 0 Å². The monoisotopic (exact) mass is 322 g/mol. The third kappa shape index (κ3) is 3.88. The maximum absolute atomic E-state index is 12.5. The Balaban J connectivity index is 1.94. The summed E-state index contributed by atoms with van der Waals surface area (Å²) in [4.78, 5) is 28.1. The lowest BCUT2D eigenvalue weighted by atomic mass is 9.82. The first-order valence-corrected chi connectivity index (χ1v) is 9.02. The molecule has 1 heterocycles. The second-order valence-electron chi connectivity index (χ2n) is 6.20. The Morgan fingerprint density at radius 1 is 1.27 bits per heavy atom. The molecule has 0 aliphatic heterocycles. The zero-order chi connectivity index (χ0) is 16.1. The average Bonchev–Trinajstić information content (AvgIpc) is 3.07. The number of nitrogens with zero attached hydrogens (tertiary/aromatic N) is 2. The number of carbonyl (C=O) groups is 2. The molecular weight excluding hydrogens is 296 g/mol. The van der Waals surface area contributed by atoms with Crippen molar-refractivity contribution in [2.75, 3.05) is 20.6 Å². The molecule has 0 aromatic carbocycles. The minimum atomic E-state index is -0.0846. The van der Waals surface area contributed by atoms with E-state index in [2.05, 4.69) is 6.92 Å². The number of thiophene rings is 1. The predicted molar refractivity (Wildman–Crippen MR) is 90.1 cm³/mol. The lowest BCUT2D eigenvalue weighted by molar-refractivity contribution is -0.134. The first kappa shape index (κ1) is 17.0. The van der Waals surface area contributed by atoms with Gasteiger partial charge >= 0.3 is 0 Å². The number of carbonyl (C=O) groups excluding carboxylic acids is 2. The van der Waals surface area contributed by atoms with Gasteiger partial charge in [-0.2, -0.15) is 11.3 Å². The van der Waals surface area contributed by atoms with Gasteiger partial charge in [0.1, 0.15) is 0 Å². The highest BCUT2D eigenvalue weighted by Crippen LogP contribution is 2.30. The third-order valence-electron chi connectivity index (χ3n) is 4.77. The minimum Gasteiger partial charge on any atom is -0.341 e. The molecule has 122 valence electrons. The molecule has 0 unspecified atom stereocenters. The quantitative estimate of drug-likeness (QED) is 0.835. The SMILES string of the molecule is CC[C@H]1CCCC[C@H]1N(C)C(=O)CN(C)C(=O)c1ccsc1. The van der Waals surface area contributed by atoms with Crippen LogP contribution < -0.4 is 0 Å². The van der Waals surface area contributed by atoms with Gasteiger partial charge in [0.25, 0.3) is 5.91 Å². The second kappa shape index (κ2) is 7.77. The Hall–Kier alpha value is -1.36. The summed E-state index contributed by atoms with van der Waals surface area (Å²) >= 11 is 1.49. The van der Waals surface area contributed by atoms with E-state index >= 15 is 0 Å². The van der Waals surface area contributed by atoms with Crippen LogP contribution in [0.1, 0.15) is 49.4 Å². The molecule has 1 aromatic heterocycles. The molecule has 1 saturated carbocycles. The van der Waals surface area contributed by atoms with Crippen LogP contribution in [-0.2, 0) is 4.79 Å². The summed E-state index contributed by atoms with van der Waals surface area (Å²) in [7, 11) is 3.59. The molecule has 0 radical (unpaired) electrons. The Morgan fingerprint density at radius 2 is 2.00 bits per heavy atom. The molecule has 2 atom stereocenters. The van der Waals surface area contributed by atoms with Crippen LogP contribution in [0.15, 0.2) is 16.8 Å². The summed E-state index contributed by atoms with van der Waals surface area (Å²) in [6, 6.07) is 2.13. The van der Waals surface area contributed by atoms with Gasteiger partial charge in [-0.05, 0) is 30.2 Å². The highest BCUT2D eigenvalue weighted by atomic mass is 32.1. The Morgan fingerprint density at radius 3 is 2.64 bits per heavy atom. The molecule has 0 saturated heterocycles. The first-order chi connectivity index (χ1) is 10.5. The fourth-order valence-electron chi connectivity index (χ4n) is 3.35. The van der Waals surface area contributed by atoms with Crippen molar-refractivity contribution in [2.24, 2.45) is 5.92 Å². The fraction of sp³-hybridized carbons (Fsp3) is 0.647. The zero-order valence-electron chi connectivity index (χ0n) is 13.7. The van der Waals surface area contributed by atoms with Gasteiger partial charge in [-0.3, -0.25) is 9.59 Å². The number of amides is 2. The summed E-state index contributed by atoms with van der Waals surface area (Å²) in [6.07, 6.45) is 5.88. The molecule has 1 aliphatic rings. The molecule has 1 aromatic rings. The van der Waals surface area contributed by atoms with E-state index in [9.17, 15) is 9.59 Å². The summed E-state index contributed by atoms with van der Waals surface area (Å²) in [5.74, 6) is 0.552. The van der Waals surface area contributed by atoms with Crippen molar-refractivity contribution in [2.45, 2.75) is 45.1 Å². The highest BCUT2D eigenvalue weighted by molar-refractivity contribution is 7.08. The van der Waals surface area contributed by atoms with Gasteiger partial charge < -0.3 is 9.80 Å². The van der Waals surface area contributed by atoms with Gasteiger partial charge in [0.05, 0.1) is 12.1 Å². The number of likely N-dealkylation sites (N-methyl/N-ethyl adjacent to an activating group) is 2. The van der Waals surface area contributed by atoms with E-state index < -0.39 is 0 Å². The van der Waals surface area contributed by atoms with Crippen molar-refractivity contribution in [1.29, 1.82) is 0 Å². The normalized spacial score (nSPS) is 21.4. The first-order valence-electron chi connectivity index (χ1n) is 8.08. The van der Waals surface area contributed by atoms with Gasteiger partial charge in [0, 0.05) is 25.5 Å². The van der Waals surface area contributed by atoms with E-state index in [-0.39, 0.29) is 18.4 Å². The van der Waals surface area contributed by atoms with Crippen LogP contribution in [0, 0.1) is 5.92 Å². The van der Waals surface area contributed by atoms with E-state index in [4.69, 9.17) is 0 Å². The molecular formula is C17H26N2O2S. The maximum atomic E-state index is 12.5. The largest absolute Gasteiger partial charge is 0.341 e. The number of hydrogen-bond acceptors (Lipinski definition) is 3. The summed E-state index contributed by atoms with van der Waals surface area (Å²) in [6.45, 7) is 2.35. The predicted octanol–water partition coefficient (Wildman–Crippen LogP) is 3.25. The van der Waals surface area contributed by atoms with E-state index in [1.54, 1.807) is 13.1 Å². The molecule has 0 bridgehead atoms. The Labute approximate surface area is 137 Å². The van der Waals surface area contributed by atoms with Crippen molar-refractivity contribution in [3.05, 3.63) is 22.4 Å². The average molecular weight is 322 g/mol. The molecule has 1 fully saturated rings. The van der Waals surface area contributed by atoms with Crippen LogP contribution in [-0.4, -0.2) is 48.3 Å². The van der Waals surface area contributed by atoms with E-state index in [0.29, 0.717) is 17.5 Å². The highest BCUT2D eigenvalue weighted by Gasteiger charge is 2.30. The van der Waals surface area contributed by atoms with Gasteiger partial charge in [-0.1, -0.05) is 26.2 Å². The van der Waals surface area contributed by atoms with Gasteiger partial charge in [-0.15, -0.1) is 0 Å². The Bertz CT molecular complexity index is 501. The minimum absolute atomic E-state index is 0.0384. The van der Waals surface area contributed by atoms with Crippen LogP contribution >= 0.6 is 11.3 Å². The fourth-order valence-corrected chi connectivity index (χ4v) is 3.98. The van der Waals surface area contributed by atoms with Crippen molar-refractivity contribution < 1.29 is 9.59 Å². The molecule has 2 rings (SSSR count). The van der Waals surface area contributed by atoms with E-state index in [0.717, 1.165) is 12.8 Å². The molecule has 0 spiro atoms. The molecule has 5 heteroatoms. The van der Waals surface area contributed by atoms with E-state index in [1.807, 2.05) is 22.7 Å². The summed E-state index contributed by atoms with van der Waals surface area (Å²) < 4.78 is 0. The molecule has 0 N–H and O–H groups in total. The number of hydrogen-bond donors (Lipinski definition) is 0.